The molecule has 0 aromatic heterocycles. The molecule has 1 saturated carbocycles. The molecule has 0 spiro atoms. The standard InChI is InChI=1S/C13H21N3O/c1-9-5-6-11(13(15)17)8-16(9)12-4-2-3-10(12)7-14/h9-12H,2-6,8H2,1H3,(H2,15,17). The van der Waals surface area contributed by atoms with Gasteiger partial charge >= 0.3 is 0 Å². The molecule has 4 nitrogen and oxygen atoms in total. The largest absolute Gasteiger partial charge is 0.369 e. The molecule has 0 aromatic rings. The van der Waals surface area contributed by atoms with Crippen LogP contribution in [0.25, 0.3) is 0 Å². The van der Waals surface area contributed by atoms with E-state index in [1.165, 1.54) is 0 Å². The second kappa shape index (κ2) is 5.05. The van der Waals surface area contributed by atoms with Crippen molar-refractivity contribution in [2.75, 3.05) is 6.54 Å². The number of hydrogen-bond acceptors (Lipinski definition) is 3. The zero-order chi connectivity index (χ0) is 12.4. The van der Waals surface area contributed by atoms with E-state index in [-0.39, 0.29) is 17.7 Å². The monoisotopic (exact) mass is 235 g/mol. The van der Waals surface area contributed by atoms with E-state index in [9.17, 15) is 4.79 Å². The fourth-order valence-electron chi connectivity index (χ4n) is 3.32. The minimum Gasteiger partial charge on any atom is -0.369 e. The molecule has 1 saturated heterocycles. The molecular weight excluding hydrogens is 214 g/mol. The van der Waals surface area contributed by atoms with Crippen LogP contribution in [-0.2, 0) is 4.79 Å². The molecule has 1 amide bonds. The van der Waals surface area contributed by atoms with Gasteiger partial charge in [0.15, 0.2) is 0 Å². The van der Waals surface area contributed by atoms with Crippen molar-refractivity contribution < 1.29 is 4.79 Å². The van der Waals surface area contributed by atoms with Gasteiger partial charge in [0.1, 0.15) is 0 Å². The number of carbonyl (C=O) groups excluding carboxylic acids is 1. The van der Waals surface area contributed by atoms with Gasteiger partial charge in [-0.15, -0.1) is 0 Å². The minimum absolute atomic E-state index is 0.0221. The molecule has 4 heteroatoms. The van der Waals surface area contributed by atoms with Crippen LogP contribution in [0.2, 0.25) is 0 Å². The van der Waals surface area contributed by atoms with E-state index in [1.807, 2.05) is 0 Å². The van der Waals surface area contributed by atoms with E-state index in [1.54, 1.807) is 0 Å². The third kappa shape index (κ3) is 2.44. The van der Waals surface area contributed by atoms with Gasteiger partial charge in [-0.3, -0.25) is 9.69 Å². The molecule has 2 aliphatic rings. The predicted molar refractivity (Wildman–Crippen MR) is 64.8 cm³/mol. The van der Waals surface area contributed by atoms with Crippen molar-refractivity contribution in [3.8, 4) is 6.07 Å². The van der Waals surface area contributed by atoms with E-state index in [0.717, 1.165) is 38.6 Å². The van der Waals surface area contributed by atoms with Gasteiger partial charge in [0.25, 0.3) is 0 Å². The Kier molecular flexibility index (Phi) is 3.68. The van der Waals surface area contributed by atoms with Gasteiger partial charge in [-0.2, -0.15) is 5.26 Å². The number of carbonyl (C=O) groups is 1. The zero-order valence-electron chi connectivity index (χ0n) is 10.4. The highest BCUT2D eigenvalue weighted by Gasteiger charge is 2.38. The average Bonchev–Trinajstić information content (AvgIpc) is 2.77. The van der Waals surface area contributed by atoms with E-state index in [0.29, 0.717) is 12.1 Å². The van der Waals surface area contributed by atoms with Crippen molar-refractivity contribution in [2.45, 2.75) is 51.1 Å². The SMILES string of the molecule is CC1CCC(C(N)=O)CN1C1CCCC1C#N. The summed E-state index contributed by atoms with van der Waals surface area (Å²) in [5.41, 5.74) is 5.41. The number of piperidine rings is 1. The van der Waals surface area contributed by atoms with Gasteiger partial charge < -0.3 is 5.73 Å². The van der Waals surface area contributed by atoms with E-state index < -0.39 is 0 Å². The Morgan fingerprint density at radius 1 is 1.35 bits per heavy atom. The number of nitrogens with two attached hydrogens (primary N) is 1. The van der Waals surface area contributed by atoms with Gasteiger partial charge in [-0.05, 0) is 32.6 Å². The normalized spacial score (nSPS) is 38.8. The smallest absolute Gasteiger partial charge is 0.221 e. The predicted octanol–water partition coefficient (Wildman–Crippen LogP) is 1.26. The van der Waals surface area contributed by atoms with Crippen LogP contribution in [0.5, 0.6) is 0 Å². The first-order valence-corrected chi connectivity index (χ1v) is 6.58. The van der Waals surface area contributed by atoms with Crippen molar-refractivity contribution in [3.63, 3.8) is 0 Å². The number of nitriles is 1. The number of likely N-dealkylation sites (tertiary alicyclic amines) is 1. The number of amides is 1. The van der Waals surface area contributed by atoms with Crippen molar-refractivity contribution in [1.29, 1.82) is 5.26 Å². The average molecular weight is 235 g/mol. The molecule has 4 unspecified atom stereocenters. The Hall–Kier alpha value is -1.08. The van der Waals surface area contributed by atoms with Gasteiger partial charge in [-0.1, -0.05) is 6.42 Å². The number of nitrogens with zero attached hydrogens (tertiary/aromatic N) is 2. The fraction of sp³-hybridized carbons (Fsp3) is 0.846. The summed E-state index contributed by atoms with van der Waals surface area (Å²) in [5.74, 6) is -0.0661. The summed E-state index contributed by atoms with van der Waals surface area (Å²) >= 11 is 0. The third-order valence-corrected chi connectivity index (χ3v) is 4.40. The summed E-state index contributed by atoms with van der Waals surface area (Å²) in [5, 5.41) is 9.16. The molecule has 2 N–H and O–H groups in total. The van der Waals surface area contributed by atoms with Crippen LogP contribution in [-0.4, -0.2) is 29.4 Å². The first kappa shape index (κ1) is 12.4. The Bertz CT molecular complexity index is 336. The molecule has 1 aliphatic heterocycles. The highest BCUT2D eigenvalue weighted by molar-refractivity contribution is 5.77. The molecule has 94 valence electrons. The summed E-state index contributed by atoms with van der Waals surface area (Å²) in [7, 11) is 0. The van der Waals surface area contributed by atoms with E-state index in [4.69, 9.17) is 11.0 Å². The lowest BCUT2D eigenvalue weighted by Crippen LogP contribution is -2.51. The lowest BCUT2D eigenvalue weighted by atomic mass is 9.89. The maximum Gasteiger partial charge on any atom is 0.221 e. The van der Waals surface area contributed by atoms with Crippen LogP contribution >= 0.6 is 0 Å². The molecule has 1 heterocycles. The number of primary amides is 1. The number of rotatable bonds is 2. The minimum atomic E-state index is -0.187. The maximum absolute atomic E-state index is 11.3. The van der Waals surface area contributed by atoms with Gasteiger partial charge in [0.05, 0.1) is 17.9 Å². The van der Waals surface area contributed by atoms with Crippen LogP contribution in [0.1, 0.15) is 39.0 Å². The topological polar surface area (TPSA) is 70.1 Å². The second-order valence-electron chi connectivity index (χ2n) is 5.46. The Morgan fingerprint density at radius 2 is 2.12 bits per heavy atom. The fourth-order valence-corrected chi connectivity index (χ4v) is 3.32. The number of hydrogen-bond donors (Lipinski definition) is 1. The maximum atomic E-state index is 11.3. The van der Waals surface area contributed by atoms with E-state index >= 15 is 0 Å². The molecule has 2 rings (SSSR count). The Labute approximate surface area is 103 Å². The van der Waals surface area contributed by atoms with Crippen LogP contribution in [0, 0.1) is 23.2 Å². The molecule has 4 atom stereocenters. The van der Waals surface area contributed by atoms with Crippen molar-refractivity contribution >= 4 is 5.91 Å². The highest BCUT2D eigenvalue weighted by atomic mass is 16.1. The molecule has 0 aromatic carbocycles. The summed E-state index contributed by atoms with van der Waals surface area (Å²) in [6.07, 6.45) is 5.15. The van der Waals surface area contributed by atoms with Crippen molar-refractivity contribution in [2.24, 2.45) is 17.6 Å². The molecule has 0 bridgehead atoms. The molecule has 1 aliphatic carbocycles. The van der Waals surface area contributed by atoms with Crippen molar-refractivity contribution in [1.82, 2.24) is 4.90 Å². The summed E-state index contributed by atoms with van der Waals surface area (Å²) in [6, 6.07) is 3.24. The molecule has 2 fully saturated rings. The highest BCUT2D eigenvalue weighted by Crippen LogP contribution is 2.34. The van der Waals surface area contributed by atoms with Crippen LogP contribution in [0.3, 0.4) is 0 Å². The Balaban J connectivity index is 2.07. The molecule has 17 heavy (non-hydrogen) atoms. The lowest BCUT2D eigenvalue weighted by Gasteiger charge is -2.41. The summed E-state index contributed by atoms with van der Waals surface area (Å²) in [4.78, 5) is 13.7. The molecular formula is C13H21N3O. The lowest BCUT2D eigenvalue weighted by molar-refractivity contribution is -0.124. The summed E-state index contributed by atoms with van der Waals surface area (Å²) < 4.78 is 0. The van der Waals surface area contributed by atoms with Crippen LogP contribution in [0.4, 0.5) is 0 Å². The Morgan fingerprint density at radius 3 is 2.76 bits per heavy atom. The second-order valence-corrected chi connectivity index (χ2v) is 5.46. The quantitative estimate of drug-likeness (QED) is 0.783. The van der Waals surface area contributed by atoms with Gasteiger partial charge in [0, 0.05) is 18.6 Å². The van der Waals surface area contributed by atoms with Gasteiger partial charge in [0.2, 0.25) is 5.91 Å². The first-order valence-electron chi connectivity index (χ1n) is 6.58. The van der Waals surface area contributed by atoms with E-state index in [2.05, 4.69) is 17.9 Å². The molecule has 0 radical (unpaired) electrons. The first-order chi connectivity index (χ1) is 8.13. The zero-order valence-corrected chi connectivity index (χ0v) is 10.4. The van der Waals surface area contributed by atoms with Crippen LogP contribution in [0.15, 0.2) is 0 Å². The third-order valence-electron chi connectivity index (χ3n) is 4.40. The van der Waals surface area contributed by atoms with Crippen molar-refractivity contribution in [3.05, 3.63) is 0 Å². The van der Waals surface area contributed by atoms with Gasteiger partial charge in [-0.25, -0.2) is 0 Å². The van der Waals surface area contributed by atoms with Crippen LogP contribution < -0.4 is 5.73 Å². The summed E-state index contributed by atoms with van der Waals surface area (Å²) in [6.45, 7) is 2.95.